The maximum absolute atomic E-state index is 11.9. The number of aliphatic hydroxyl groups excluding tert-OH is 1. The highest BCUT2D eigenvalue weighted by Crippen LogP contribution is 2.20. The molecule has 1 aromatic heterocycles. The predicted molar refractivity (Wildman–Crippen MR) is 72.6 cm³/mol. The summed E-state index contributed by atoms with van der Waals surface area (Å²) < 4.78 is 25.0. The van der Waals surface area contributed by atoms with Crippen molar-refractivity contribution in [1.82, 2.24) is 9.29 Å². The molecule has 6 nitrogen and oxygen atoms in total. The first-order valence-electron chi connectivity index (χ1n) is 6.23. The third kappa shape index (κ3) is 3.05. The normalized spacial score (nSPS) is 20.8. The Balaban J connectivity index is 2.19. The first kappa shape index (κ1) is 14.2. The number of anilines is 1. The second kappa shape index (κ2) is 5.44. The number of nitrogens with zero attached hydrogens (tertiary/aromatic N) is 3. The molecule has 2 heterocycles. The third-order valence-corrected chi connectivity index (χ3v) is 5.02. The number of aliphatic hydroxyl groups is 1. The summed E-state index contributed by atoms with van der Waals surface area (Å²) >= 11 is 0. The van der Waals surface area contributed by atoms with Crippen molar-refractivity contribution in [2.75, 3.05) is 32.1 Å². The Kier molecular flexibility index (Phi) is 4.07. The van der Waals surface area contributed by atoms with Gasteiger partial charge in [0.1, 0.15) is 10.7 Å². The highest BCUT2D eigenvalue weighted by atomic mass is 32.2. The number of β-amino-alcohol motifs (C(OH)–C–C–N with tert-alkyl or cyclic N) is 1. The van der Waals surface area contributed by atoms with E-state index in [0.29, 0.717) is 12.4 Å². The quantitative estimate of drug-likeness (QED) is 0.864. The van der Waals surface area contributed by atoms with Gasteiger partial charge in [0.05, 0.1) is 6.10 Å². The number of rotatable bonds is 3. The first-order valence-corrected chi connectivity index (χ1v) is 7.67. The number of sulfonamides is 1. The first-order chi connectivity index (χ1) is 8.91. The molecule has 0 aromatic carbocycles. The molecule has 0 radical (unpaired) electrons. The Bertz CT molecular complexity index is 528. The fourth-order valence-electron chi connectivity index (χ4n) is 2.09. The number of hydrogen-bond acceptors (Lipinski definition) is 5. The molecule has 1 aromatic rings. The van der Waals surface area contributed by atoms with E-state index in [4.69, 9.17) is 0 Å². The van der Waals surface area contributed by atoms with Crippen LogP contribution in [0.3, 0.4) is 0 Å². The van der Waals surface area contributed by atoms with E-state index in [-0.39, 0.29) is 11.0 Å². The molecule has 106 valence electrons. The molecule has 0 amide bonds. The smallest absolute Gasteiger partial charge is 0.244 e. The fraction of sp³-hybridized carbons (Fsp3) is 0.583. The standard InChI is InChI=1S/C12H19N3O3S/c1-14(2)19(17,18)11-5-6-12(13-8-11)15-7-3-4-10(16)9-15/h5-6,8,10,16H,3-4,7,9H2,1-2H3/t10-/m0/s1. The molecule has 19 heavy (non-hydrogen) atoms. The highest BCUT2D eigenvalue weighted by molar-refractivity contribution is 7.89. The Labute approximate surface area is 113 Å². The monoisotopic (exact) mass is 285 g/mol. The van der Waals surface area contributed by atoms with E-state index in [1.807, 2.05) is 4.90 Å². The molecular formula is C12H19N3O3S. The molecule has 0 bridgehead atoms. The van der Waals surface area contributed by atoms with Crippen molar-refractivity contribution in [3.05, 3.63) is 18.3 Å². The molecule has 0 aliphatic carbocycles. The molecule has 0 saturated carbocycles. The third-order valence-electron chi connectivity index (χ3n) is 3.22. The summed E-state index contributed by atoms with van der Waals surface area (Å²) in [7, 11) is -0.452. The van der Waals surface area contributed by atoms with Crippen molar-refractivity contribution in [2.45, 2.75) is 23.8 Å². The lowest BCUT2D eigenvalue weighted by molar-refractivity contribution is 0.154. The van der Waals surface area contributed by atoms with Gasteiger partial charge in [-0.25, -0.2) is 17.7 Å². The number of pyridine rings is 1. The van der Waals surface area contributed by atoms with Gasteiger partial charge in [-0.3, -0.25) is 0 Å². The Morgan fingerprint density at radius 2 is 2.16 bits per heavy atom. The zero-order chi connectivity index (χ0) is 14.0. The summed E-state index contributed by atoms with van der Waals surface area (Å²) in [6, 6.07) is 3.24. The van der Waals surface area contributed by atoms with Gasteiger partial charge >= 0.3 is 0 Å². The Hall–Kier alpha value is -1.18. The van der Waals surface area contributed by atoms with Crippen LogP contribution in [0.25, 0.3) is 0 Å². The molecule has 1 aliphatic rings. The Morgan fingerprint density at radius 3 is 2.68 bits per heavy atom. The van der Waals surface area contributed by atoms with Crippen LogP contribution in [0.15, 0.2) is 23.2 Å². The van der Waals surface area contributed by atoms with E-state index in [2.05, 4.69) is 4.98 Å². The van der Waals surface area contributed by atoms with E-state index >= 15 is 0 Å². The van der Waals surface area contributed by atoms with Crippen LogP contribution in [-0.2, 0) is 10.0 Å². The van der Waals surface area contributed by atoms with Gasteiger partial charge in [0.25, 0.3) is 0 Å². The molecule has 0 unspecified atom stereocenters. The maximum Gasteiger partial charge on any atom is 0.244 e. The SMILES string of the molecule is CN(C)S(=O)(=O)c1ccc(N2CCC[C@H](O)C2)nc1. The predicted octanol–water partition coefficient (Wildman–Crippen LogP) is 0.293. The largest absolute Gasteiger partial charge is 0.391 e. The minimum Gasteiger partial charge on any atom is -0.391 e. The molecule has 2 rings (SSSR count). The molecule has 1 N–H and O–H groups in total. The number of piperidine rings is 1. The zero-order valence-corrected chi connectivity index (χ0v) is 12.0. The number of aromatic nitrogens is 1. The average molecular weight is 285 g/mol. The molecule has 1 aliphatic heterocycles. The van der Waals surface area contributed by atoms with Crippen LogP contribution >= 0.6 is 0 Å². The van der Waals surface area contributed by atoms with Gasteiger partial charge < -0.3 is 10.0 Å². The second-order valence-corrected chi connectivity index (χ2v) is 7.03. The molecule has 1 atom stereocenters. The average Bonchev–Trinajstić information content (AvgIpc) is 2.38. The summed E-state index contributed by atoms with van der Waals surface area (Å²) in [4.78, 5) is 6.35. The van der Waals surface area contributed by atoms with Crippen LogP contribution in [0, 0.1) is 0 Å². The molecule has 1 saturated heterocycles. The van der Waals surface area contributed by atoms with Crippen molar-refractivity contribution in [3.63, 3.8) is 0 Å². The summed E-state index contributed by atoms with van der Waals surface area (Å²) in [5, 5.41) is 9.63. The van der Waals surface area contributed by atoms with Crippen molar-refractivity contribution < 1.29 is 13.5 Å². The van der Waals surface area contributed by atoms with Crippen LogP contribution in [0.5, 0.6) is 0 Å². The van der Waals surface area contributed by atoms with Crippen LogP contribution < -0.4 is 4.90 Å². The summed E-state index contributed by atoms with van der Waals surface area (Å²) in [6.45, 7) is 1.39. The lowest BCUT2D eigenvalue weighted by Gasteiger charge is -2.31. The maximum atomic E-state index is 11.9. The van der Waals surface area contributed by atoms with Gasteiger partial charge in [0.2, 0.25) is 10.0 Å². The van der Waals surface area contributed by atoms with Crippen LogP contribution in [-0.4, -0.2) is 56.1 Å². The highest BCUT2D eigenvalue weighted by Gasteiger charge is 2.21. The van der Waals surface area contributed by atoms with Gasteiger partial charge in [0, 0.05) is 33.4 Å². The lowest BCUT2D eigenvalue weighted by atomic mass is 10.1. The van der Waals surface area contributed by atoms with Crippen molar-refractivity contribution in [3.8, 4) is 0 Å². The van der Waals surface area contributed by atoms with E-state index in [1.165, 1.54) is 20.3 Å². The van der Waals surface area contributed by atoms with E-state index in [0.717, 1.165) is 23.7 Å². The van der Waals surface area contributed by atoms with Crippen molar-refractivity contribution >= 4 is 15.8 Å². The van der Waals surface area contributed by atoms with E-state index in [1.54, 1.807) is 12.1 Å². The summed E-state index contributed by atoms with van der Waals surface area (Å²) in [5.41, 5.74) is 0. The lowest BCUT2D eigenvalue weighted by Crippen LogP contribution is -2.38. The van der Waals surface area contributed by atoms with Crippen LogP contribution in [0.1, 0.15) is 12.8 Å². The fourth-order valence-corrected chi connectivity index (χ4v) is 2.93. The van der Waals surface area contributed by atoms with Gasteiger partial charge in [-0.15, -0.1) is 0 Å². The van der Waals surface area contributed by atoms with E-state index in [9.17, 15) is 13.5 Å². The van der Waals surface area contributed by atoms with Crippen LogP contribution in [0.4, 0.5) is 5.82 Å². The zero-order valence-electron chi connectivity index (χ0n) is 11.2. The molecule has 0 spiro atoms. The van der Waals surface area contributed by atoms with Crippen molar-refractivity contribution in [1.29, 1.82) is 0 Å². The minimum atomic E-state index is -3.43. The van der Waals surface area contributed by atoms with Gasteiger partial charge in [-0.2, -0.15) is 0 Å². The second-order valence-electron chi connectivity index (χ2n) is 4.88. The molecule has 1 fully saturated rings. The van der Waals surface area contributed by atoms with Gasteiger partial charge in [-0.1, -0.05) is 0 Å². The number of hydrogen-bond donors (Lipinski definition) is 1. The molecule has 7 heteroatoms. The van der Waals surface area contributed by atoms with Crippen molar-refractivity contribution in [2.24, 2.45) is 0 Å². The molecular weight excluding hydrogens is 266 g/mol. The van der Waals surface area contributed by atoms with Gasteiger partial charge in [0.15, 0.2) is 0 Å². The Morgan fingerprint density at radius 1 is 1.42 bits per heavy atom. The van der Waals surface area contributed by atoms with E-state index < -0.39 is 10.0 Å². The summed E-state index contributed by atoms with van der Waals surface area (Å²) in [6.07, 6.45) is 2.76. The van der Waals surface area contributed by atoms with Gasteiger partial charge in [-0.05, 0) is 25.0 Å². The van der Waals surface area contributed by atoms with Crippen LogP contribution in [0.2, 0.25) is 0 Å². The minimum absolute atomic E-state index is 0.179. The summed E-state index contributed by atoms with van der Waals surface area (Å²) in [5.74, 6) is 0.705. The topological polar surface area (TPSA) is 73.7 Å².